The molecule has 2 rings (SSSR count). The summed E-state index contributed by atoms with van der Waals surface area (Å²) in [5, 5.41) is 2.95. The van der Waals surface area contributed by atoms with Crippen molar-refractivity contribution in [1.29, 1.82) is 0 Å². The maximum Gasteiger partial charge on any atom is 0.261 e. The lowest BCUT2D eigenvalue weighted by Gasteiger charge is -2.33. The zero-order valence-electron chi connectivity index (χ0n) is 18.7. The maximum absolute atomic E-state index is 13.3. The first-order valence-corrected chi connectivity index (χ1v) is 11.0. The van der Waals surface area contributed by atoms with E-state index in [2.05, 4.69) is 21.2 Å². The van der Waals surface area contributed by atoms with Crippen LogP contribution in [0.1, 0.15) is 45.2 Å². The van der Waals surface area contributed by atoms with E-state index in [4.69, 9.17) is 4.74 Å². The van der Waals surface area contributed by atoms with Gasteiger partial charge in [-0.15, -0.1) is 0 Å². The van der Waals surface area contributed by atoms with Crippen LogP contribution >= 0.6 is 15.9 Å². The first kappa shape index (κ1) is 24.9. The summed E-state index contributed by atoms with van der Waals surface area (Å²) in [4.78, 5) is 27.6. The zero-order chi connectivity index (χ0) is 23.2. The molecule has 2 aromatic rings. The maximum atomic E-state index is 13.3. The summed E-state index contributed by atoms with van der Waals surface area (Å²) in [6.45, 7) is 9.44. The second-order valence-electron chi connectivity index (χ2n) is 8.51. The van der Waals surface area contributed by atoms with E-state index in [1.54, 1.807) is 18.2 Å². The molecule has 0 fully saturated rings. The summed E-state index contributed by atoms with van der Waals surface area (Å²) in [7, 11) is 0. The number of hydrogen-bond donors (Lipinski definition) is 1. The normalized spacial score (nSPS) is 12.2. The van der Waals surface area contributed by atoms with Crippen molar-refractivity contribution in [3.8, 4) is 5.75 Å². The molecule has 31 heavy (non-hydrogen) atoms. The van der Waals surface area contributed by atoms with Gasteiger partial charge < -0.3 is 15.0 Å². The first-order chi connectivity index (χ1) is 14.5. The van der Waals surface area contributed by atoms with Gasteiger partial charge in [0.25, 0.3) is 5.91 Å². The smallest absolute Gasteiger partial charge is 0.261 e. The summed E-state index contributed by atoms with van der Waals surface area (Å²) < 4.78 is 20.0. The van der Waals surface area contributed by atoms with Gasteiger partial charge >= 0.3 is 0 Å². The highest BCUT2D eigenvalue weighted by molar-refractivity contribution is 9.10. The van der Waals surface area contributed by atoms with E-state index in [9.17, 15) is 14.0 Å². The van der Waals surface area contributed by atoms with Crippen LogP contribution in [-0.4, -0.2) is 34.9 Å². The van der Waals surface area contributed by atoms with Crippen molar-refractivity contribution in [2.45, 2.75) is 59.2 Å². The largest absolute Gasteiger partial charge is 0.484 e. The van der Waals surface area contributed by atoms with Crippen molar-refractivity contribution in [2.24, 2.45) is 0 Å². The summed E-state index contributed by atoms with van der Waals surface area (Å²) in [5.41, 5.74) is 1.29. The fraction of sp³-hybridized carbons (Fsp3) is 0.417. The molecule has 168 valence electrons. The molecular formula is C24H30BrFN2O3. The lowest BCUT2D eigenvalue weighted by molar-refractivity contribution is -0.143. The third kappa shape index (κ3) is 7.65. The highest BCUT2D eigenvalue weighted by Gasteiger charge is 2.30. The summed E-state index contributed by atoms with van der Waals surface area (Å²) in [5.74, 6) is -0.332. The van der Waals surface area contributed by atoms with Crippen LogP contribution in [0.5, 0.6) is 5.75 Å². The van der Waals surface area contributed by atoms with Crippen LogP contribution in [0.15, 0.2) is 46.9 Å². The predicted molar refractivity (Wildman–Crippen MR) is 123 cm³/mol. The number of amides is 2. The fourth-order valence-electron chi connectivity index (χ4n) is 3.09. The number of ether oxygens (including phenoxy) is 1. The van der Waals surface area contributed by atoms with Gasteiger partial charge in [0.2, 0.25) is 5.91 Å². The van der Waals surface area contributed by atoms with Gasteiger partial charge in [0, 0.05) is 16.6 Å². The number of halogens is 2. The Bertz CT molecular complexity index is 910. The average Bonchev–Trinajstić information content (AvgIpc) is 2.68. The SMILES string of the molecule is CCC(C(=O)NC(C)(C)C)N(Cc1ccc(F)cc1)C(=O)COc1ccc(Br)c(C)c1. The minimum Gasteiger partial charge on any atom is -0.484 e. The number of nitrogens with one attached hydrogen (secondary N) is 1. The van der Waals surface area contributed by atoms with Crippen molar-refractivity contribution in [2.75, 3.05) is 6.61 Å². The van der Waals surface area contributed by atoms with E-state index in [1.165, 1.54) is 17.0 Å². The van der Waals surface area contributed by atoms with Gasteiger partial charge in [0.15, 0.2) is 6.61 Å². The quantitative estimate of drug-likeness (QED) is 0.564. The molecule has 0 aliphatic rings. The number of carbonyl (C=O) groups is 2. The lowest BCUT2D eigenvalue weighted by atomic mass is 10.1. The molecule has 7 heteroatoms. The molecule has 0 aliphatic carbocycles. The average molecular weight is 493 g/mol. The van der Waals surface area contributed by atoms with Crippen LogP contribution in [0.2, 0.25) is 0 Å². The molecular weight excluding hydrogens is 463 g/mol. The van der Waals surface area contributed by atoms with Crippen LogP contribution in [-0.2, 0) is 16.1 Å². The molecule has 0 spiro atoms. The number of nitrogens with zero attached hydrogens (tertiary/aromatic N) is 1. The van der Waals surface area contributed by atoms with E-state index in [1.807, 2.05) is 46.8 Å². The summed E-state index contributed by atoms with van der Waals surface area (Å²) in [6.07, 6.45) is 0.437. The second-order valence-corrected chi connectivity index (χ2v) is 9.37. The molecule has 0 bridgehead atoms. The molecule has 0 saturated heterocycles. The molecule has 5 nitrogen and oxygen atoms in total. The van der Waals surface area contributed by atoms with Crippen LogP contribution in [0.25, 0.3) is 0 Å². The Morgan fingerprint density at radius 3 is 2.35 bits per heavy atom. The Balaban J connectivity index is 2.23. The van der Waals surface area contributed by atoms with Gasteiger partial charge in [-0.2, -0.15) is 0 Å². The molecule has 0 aliphatic heterocycles. The Labute approximate surface area is 192 Å². The fourth-order valence-corrected chi connectivity index (χ4v) is 3.34. The molecule has 2 amide bonds. The Morgan fingerprint density at radius 1 is 1.16 bits per heavy atom. The van der Waals surface area contributed by atoms with E-state index >= 15 is 0 Å². The van der Waals surface area contributed by atoms with Gasteiger partial charge in [-0.25, -0.2) is 4.39 Å². The van der Waals surface area contributed by atoms with Gasteiger partial charge in [0.1, 0.15) is 17.6 Å². The third-order valence-corrected chi connectivity index (χ3v) is 5.53. The highest BCUT2D eigenvalue weighted by atomic mass is 79.9. The van der Waals surface area contributed by atoms with E-state index in [-0.39, 0.29) is 30.8 Å². The number of carbonyl (C=O) groups excluding carboxylic acids is 2. The van der Waals surface area contributed by atoms with E-state index in [0.717, 1.165) is 15.6 Å². The van der Waals surface area contributed by atoms with Gasteiger partial charge in [-0.3, -0.25) is 9.59 Å². The molecule has 0 radical (unpaired) electrons. The molecule has 2 aromatic carbocycles. The molecule has 1 N–H and O–H groups in total. The minimum absolute atomic E-state index is 0.178. The van der Waals surface area contributed by atoms with Crippen molar-refractivity contribution in [3.05, 3.63) is 63.9 Å². The lowest BCUT2D eigenvalue weighted by Crippen LogP contribution is -2.54. The van der Waals surface area contributed by atoms with Crippen molar-refractivity contribution < 1.29 is 18.7 Å². The Hall–Kier alpha value is -2.41. The monoisotopic (exact) mass is 492 g/mol. The second kappa shape index (κ2) is 10.8. The van der Waals surface area contributed by atoms with E-state index < -0.39 is 11.6 Å². The minimum atomic E-state index is -0.674. The number of benzene rings is 2. The molecule has 1 atom stereocenters. The predicted octanol–water partition coefficient (Wildman–Crippen LogP) is 5.00. The Kier molecular flexibility index (Phi) is 8.62. The number of rotatable bonds is 8. The zero-order valence-corrected chi connectivity index (χ0v) is 20.3. The first-order valence-electron chi connectivity index (χ1n) is 10.2. The standard InChI is InChI=1S/C24H30BrFN2O3/c1-6-21(23(30)27-24(3,4)5)28(14-17-7-9-18(26)10-8-17)22(29)15-31-19-11-12-20(25)16(2)13-19/h7-13,21H,6,14-15H2,1-5H3,(H,27,30). The molecule has 0 saturated carbocycles. The van der Waals surface area contributed by atoms with Crippen LogP contribution in [0.3, 0.4) is 0 Å². The van der Waals surface area contributed by atoms with E-state index in [0.29, 0.717) is 12.2 Å². The van der Waals surface area contributed by atoms with Crippen molar-refractivity contribution in [1.82, 2.24) is 10.2 Å². The van der Waals surface area contributed by atoms with Gasteiger partial charge in [-0.1, -0.05) is 35.0 Å². The third-order valence-electron chi connectivity index (χ3n) is 4.64. The van der Waals surface area contributed by atoms with Crippen molar-refractivity contribution in [3.63, 3.8) is 0 Å². The van der Waals surface area contributed by atoms with Crippen molar-refractivity contribution >= 4 is 27.7 Å². The molecule has 0 heterocycles. The van der Waals surface area contributed by atoms with Gasteiger partial charge in [0.05, 0.1) is 0 Å². The summed E-state index contributed by atoms with van der Waals surface area (Å²) in [6, 6.07) is 10.7. The number of aryl methyl sites for hydroxylation is 1. The van der Waals surface area contributed by atoms with Crippen LogP contribution in [0.4, 0.5) is 4.39 Å². The number of hydrogen-bond acceptors (Lipinski definition) is 3. The summed E-state index contributed by atoms with van der Waals surface area (Å²) >= 11 is 3.44. The highest BCUT2D eigenvalue weighted by Crippen LogP contribution is 2.22. The Morgan fingerprint density at radius 2 is 1.81 bits per heavy atom. The molecule has 1 unspecified atom stereocenters. The topological polar surface area (TPSA) is 58.6 Å². The van der Waals surface area contributed by atoms with Crippen LogP contribution < -0.4 is 10.1 Å². The molecule has 0 aromatic heterocycles. The van der Waals surface area contributed by atoms with Crippen LogP contribution in [0, 0.1) is 12.7 Å². The van der Waals surface area contributed by atoms with Gasteiger partial charge in [-0.05, 0) is 75.6 Å².